The van der Waals surface area contributed by atoms with Gasteiger partial charge < -0.3 is 14.3 Å². The molecule has 0 saturated carbocycles. The van der Waals surface area contributed by atoms with Gasteiger partial charge in [-0.05, 0) is 56.7 Å². The quantitative estimate of drug-likeness (QED) is 0.728. The summed E-state index contributed by atoms with van der Waals surface area (Å²) < 4.78 is 7.47. The normalized spacial score (nSPS) is 10.8. The van der Waals surface area contributed by atoms with E-state index in [4.69, 9.17) is 16.0 Å². The Hall–Kier alpha value is -2.46. The zero-order valence-electron chi connectivity index (χ0n) is 13.9. The average molecular weight is 343 g/mol. The van der Waals surface area contributed by atoms with Crippen LogP contribution >= 0.6 is 11.6 Å². The van der Waals surface area contributed by atoms with Crippen LogP contribution in [0.1, 0.15) is 33.1 Å². The molecule has 1 N–H and O–H groups in total. The minimum absolute atomic E-state index is 0.140. The number of anilines is 1. The van der Waals surface area contributed by atoms with E-state index in [2.05, 4.69) is 9.88 Å². The van der Waals surface area contributed by atoms with Crippen LogP contribution in [0.2, 0.25) is 5.02 Å². The van der Waals surface area contributed by atoms with Gasteiger partial charge in [-0.2, -0.15) is 0 Å². The minimum Gasteiger partial charge on any atom is -0.467 e. The Labute approximate surface area is 146 Å². The highest BCUT2D eigenvalue weighted by atomic mass is 35.5. The predicted octanol–water partition coefficient (Wildman–Crippen LogP) is 4.96. The van der Waals surface area contributed by atoms with Crippen molar-refractivity contribution in [2.75, 3.05) is 5.32 Å². The maximum Gasteiger partial charge on any atom is 0.257 e. The first kappa shape index (κ1) is 16.4. The van der Waals surface area contributed by atoms with E-state index in [1.807, 2.05) is 57.2 Å². The number of amides is 1. The summed E-state index contributed by atoms with van der Waals surface area (Å²) in [4.78, 5) is 12.7. The third-order valence-corrected chi connectivity index (χ3v) is 4.64. The molecule has 0 radical (unpaired) electrons. The van der Waals surface area contributed by atoms with Gasteiger partial charge in [0.1, 0.15) is 5.76 Å². The highest BCUT2D eigenvalue weighted by Gasteiger charge is 2.17. The molecule has 3 rings (SSSR count). The van der Waals surface area contributed by atoms with E-state index in [0.29, 0.717) is 17.1 Å². The molecule has 5 heteroatoms. The summed E-state index contributed by atoms with van der Waals surface area (Å²) in [6.45, 7) is 6.42. The fraction of sp³-hybridized carbons (Fsp3) is 0.211. The SMILES string of the molecule is Cc1c(Cl)cccc1NC(=O)c1cc(C)n(Cc2ccco2)c1C. The number of benzene rings is 1. The largest absolute Gasteiger partial charge is 0.467 e. The number of furan rings is 1. The molecule has 0 aliphatic carbocycles. The molecule has 2 heterocycles. The predicted molar refractivity (Wildman–Crippen MR) is 95.9 cm³/mol. The molecule has 0 atom stereocenters. The molecule has 1 aromatic carbocycles. The molecule has 0 aliphatic heterocycles. The maximum atomic E-state index is 12.7. The van der Waals surface area contributed by atoms with Crippen LogP contribution in [0, 0.1) is 20.8 Å². The van der Waals surface area contributed by atoms with Gasteiger partial charge in [0.05, 0.1) is 18.4 Å². The summed E-state index contributed by atoms with van der Waals surface area (Å²) >= 11 is 6.12. The van der Waals surface area contributed by atoms with Gasteiger partial charge in [0, 0.05) is 22.1 Å². The Bertz CT molecular complexity index is 879. The highest BCUT2D eigenvalue weighted by molar-refractivity contribution is 6.31. The van der Waals surface area contributed by atoms with Crippen molar-refractivity contribution in [3.05, 3.63) is 76.0 Å². The summed E-state index contributed by atoms with van der Waals surface area (Å²) in [7, 11) is 0. The van der Waals surface area contributed by atoms with Crippen molar-refractivity contribution in [1.82, 2.24) is 4.57 Å². The van der Waals surface area contributed by atoms with Crippen molar-refractivity contribution in [3.63, 3.8) is 0 Å². The third kappa shape index (κ3) is 3.10. The fourth-order valence-corrected chi connectivity index (χ4v) is 2.94. The molecule has 0 bridgehead atoms. The number of aromatic nitrogens is 1. The highest BCUT2D eigenvalue weighted by Crippen LogP contribution is 2.24. The van der Waals surface area contributed by atoms with E-state index < -0.39 is 0 Å². The lowest BCUT2D eigenvalue weighted by atomic mass is 10.1. The number of nitrogens with zero attached hydrogens (tertiary/aromatic N) is 1. The average Bonchev–Trinajstić information content (AvgIpc) is 3.15. The number of nitrogens with one attached hydrogen (secondary N) is 1. The van der Waals surface area contributed by atoms with Gasteiger partial charge in [-0.1, -0.05) is 17.7 Å². The number of aryl methyl sites for hydroxylation is 1. The maximum absolute atomic E-state index is 12.7. The monoisotopic (exact) mass is 342 g/mol. The second-order valence-corrected chi connectivity index (χ2v) is 6.22. The fourth-order valence-electron chi connectivity index (χ4n) is 2.77. The van der Waals surface area contributed by atoms with Crippen molar-refractivity contribution in [1.29, 1.82) is 0 Å². The summed E-state index contributed by atoms with van der Waals surface area (Å²) in [5.74, 6) is 0.716. The second kappa shape index (κ2) is 6.57. The van der Waals surface area contributed by atoms with Crippen LogP contribution in [0.4, 0.5) is 5.69 Å². The molecule has 0 unspecified atom stereocenters. The zero-order chi connectivity index (χ0) is 17.3. The molecule has 2 aromatic heterocycles. The lowest BCUT2D eigenvalue weighted by molar-refractivity contribution is 0.102. The van der Waals surface area contributed by atoms with Crippen LogP contribution < -0.4 is 5.32 Å². The lowest BCUT2D eigenvalue weighted by Crippen LogP contribution is -2.14. The number of carbonyl (C=O) groups is 1. The molecular formula is C19H19ClN2O2. The Morgan fingerprint density at radius 3 is 2.71 bits per heavy atom. The van der Waals surface area contributed by atoms with E-state index in [1.54, 1.807) is 6.26 Å². The van der Waals surface area contributed by atoms with Gasteiger partial charge in [-0.3, -0.25) is 4.79 Å². The van der Waals surface area contributed by atoms with E-state index in [1.165, 1.54) is 0 Å². The van der Waals surface area contributed by atoms with Crippen LogP contribution in [0.5, 0.6) is 0 Å². The summed E-state index contributed by atoms with van der Waals surface area (Å²) in [6, 6.07) is 11.2. The lowest BCUT2D eigenvalue weighted by Gasteiger charge is -2.10. The van der Waals surface area contributed by atoms with Crippen LogP contribution in [-0.2, 0) is 6.54 Å². The molecule has 0 spiro atoms. The Kier molecular flexibility index (Phi) is 4.49. The molecule has 3 aromatic rings. The van der Waals surface area contributed by atoms with Gasteiger partial charge >= 0.3 is 0 Å². The Morgan fingerprint density at radius 2 is 2.00 bits per heavy atom. The standard InChI is InChI=1S/C19H19ClN2O2/c1-12-10-16(14(3)22(12)11-15-6-5-9-24-15)19(23)21-18-8-4-7-17(20)13(18)2/h4-10H,11H2,1-3H3,(H,21,23). The molecule has 4 nitrogen and oxygen atoms in total. The van der Waals surface area contributed by atoms with Gasteiger partial charge in [0.15, 0.2) is 0 Å². The van der Waals surface area contributed by atoms with E-state index in [-0.39, 0.29) is 5.91 Å². The van der Waals surface area contributed by atoms with E-state index >= 15 is 0 Å². The molecule has 1 amide bonds. The zero-order valence-corrected chi connectivity index (χ0v) is 14.6. The van der Waals surface area contributed by atoms with Crippen LogP contribution in [0.25, 0.3) is 0 Å². The minimum atomic E-state index is -0.140. The number of hydrogen-bond acceptors (Lipinski definition) is 2. The van der Waals surface area contributed by atoms with Crippen molar-refractivity contribution in [3.8, 4) is 0 Å². The first-order valence-electron chi connectivity index (χ1n) is 7.73. The summed E-state index contributed by atoms with van der Waals surface area (Å²) in [5.41, 5.74) is 4.15. The number of carbonyl (C=O) groups excluding carboxylic acids is 1. The first-order valence-corrected chi connectivity index (χ1v) is 8.10. The van der Waals surface area contributed by atoms with E-state index in [9.17, 15) is 4.79 Å². The molecule has 0 fully saturated rings. The second-order valence-electron chi connectivity index (χ2n) is 5.82. The Balaban J connectivity index is 1.87. The van der Waals surface area contributed by atoms with Crippen LogP contribution in [0.15, 0.2) is 47.1 Å². The molecule has 124 valence electrons. The van der Waals surface area contributed by atoms with Crippen LogP contribution in [-0.4, -0.2) is 10.5 Å². The van der Waals surface area contributed by atoms with Crippen molar-refractivity contribution >= 4 is 23.2 Å². The molecule has 0 saturated heterocycles. The smallest absolute Gasteiger partial charge is 0.257 e. The summed E-state index contributed by atoms with van der Waals surface area (Å²) in [6.07, 6.45) is 1.65. The third-order valence-electron chi connectivity index (χ3n) is 4.23. The van der Waals surface area contributed by atoms with Crippen molar-refractivity contribution in [2.24, 2.45) is 0 Å². The van der Waals surface area contributed by atoms with Crippen LogP contribution in [0.3, 0.4) is 0 Å². The van der Waals surface area contributed by atoms with E-state index in [0.717, 1.165) is 28.4 Å². The van der Waals surface area contributed by atoms with Crippen molar-refractivity contribution < 1.29 is 9.21 Å². The Morgan fingerprint density at radius 1 is 1.21 bits per heavy atom. The number of rotatable bonds is 4. The van der Waals surface area contributed by atoms with Gasteiger partial charge in [-0.25, -0.2) is 0 Å². The summed E-state index contributed by atoms with van der Waals surface area (Å²) in [5, 5.41) is 3.58. The van der Waals surface area contributed by atoms with Gasteiger partial charge in [0.25, 0.3) is 5.91 Å². The molecule has 24 heavy (non-hydrogen) atoms. The molecular weight excluding hydrogens is 324 g/mol. The van der Waals surface area contributed by atoms with Gasteiger partial charge in [0.2, 0.25) is 0 Å². The number of halogens is 1. The topological polar surface area (TPSA) is 47.2 Å². The van der Waals surface area contributed by atoms with Crippen molar-refractivity contribution in [2.45, 2.75) is 27.3 Å². The van der Waals surface area contributed by atoms with Gasteiger partial charge in [-0.15, -0.1) is 0 Å². The number of hydrogen-bond donors (Lipinski definition) is 1. The first-order chi connectivity index (χ1) is 11.5. The molecule has 0 aliphatic rings.